The van der Waals surface area contributed by atoms with Gasteiger partial charge in [0, 0.05) is 19.2 Å². The molecule has 28 heavy (non-hydrogen) atoms. The predicted molar refractivity (Wildman–Crippen MR) is 107 cm³/mol. The first-order valence-corrected chi connectivity index (χ1v) is 9.18. The molecule has 0 saturated heterocycles. The van der Waals surface area contributed by atoms with Crippen LogP contribution in [0.1, 0.15) is 28.3 Å². The minimum Gasteiger partial charge on any atom is -0.306 e. The molecule has 2 aromatic carbocycles. The number of hydrogen-bond acceptors (Lipinski definition) is 4. The summed E-state index contributed by atoms with van der Waals surface area (Å²) in [6.07, 6.45) is 1.82. The Bertz CT molecular complexity index is 1020. The fourth-order valence-electron chi connectivity index (χ4n) is 3.38. The number of fused-ring (bicyclic) bond motifs is 1. The van der Waals surface area contributed by atoms with Gasteiger partial charge in [-0.15, -0.1) is 0 Å². The van der Waals surface area contributed by atoms with Crippen molar-refractivity contribution in [1.29, 1.82) is 0 Å². The SMILES string of the molecule is Cc1nccc(C(=O)N2CCC(=O)N(Cc3ccccc3)c3ccccc32)n1. The van der Waals surface area contributed by atoms with Crippen LogP contribution < -0.4 is 9.80 Å². The molecule has 2 amide bonds. The zero-order valence-electron chi connectivity index (χ0n) is 15.6. The van der Waals surface area contributed by atoms with Crippen LogP contribution in [-0.4, -0.2) is 28.3 Å². The number of carbonyl (C=O) groups excluding carboxylic acids is 2. The number of anilines is 2. The Morgan fingerprint density at radius 3 is 2.46 bits per heavy atom. The highest BCUT2D eigenvalue weighted by Crippen LogP contribution is 2.34. The van der Waals surface area contributed by atoms with Crippen molar-refractivity contribution in [3.8, 4) is 0 Å². The van der Waals surface area contributed by atoms with Crippen molar-refractivity contribution in [2.75, 3.05) is 16.3 Å². The number of benzene rings is 2. The summed E-state index contributed by atoms with van der Waals surface area (Å²) in [7, 11) is 0. The maximum atomic E-state index is 13.1. The Balaban J connectivity index is 1.73. The van der Waals surface area contributed by atoms with Crippen LogP contribution in [0.2, 0.25) is 0 Å². The highest BCUT2D eigenvalue weighted by molar-refractivity contribution is 6.10. The molecule has 6 nitrogen and oxygen atoms in total. The van der Waals surface area contributed by atoms with Crippen LogP contribution in [0.5, 0.6) is 0 Å². The largest absolute Gasteiger partial charge is 0.306 e. The molecule has 4 rings (SSSR count). The van der Waals surface area contributed by atoms with E-state index in [4.69, 9.17) is 0 Å². The topological polar surface area (TPSA) is 66.4 Å². The predicted octanol–water partition coefficient (Wildman–Crippen LogP) is 3.37. The zero-order chi connectivity index (χ0) is 19.5. The van der Waals surface area contributed by atoms with Crippen molar-refractivity contribution in [3.63, 3.8) is 0 Å². The Hall–Kier alpha value is -3.54. The molecule has 0 radical (unpaired) electrons. The van der Waals surface area contributed by atoms with Gasteiger partial charge in [-0.1, -0.05) is 42.5 Å². The van der Waals surface area contributed by atoms with Crippen LogP contribution in [0.15, 0.2) is 66.9 Å². The summed E-state index contributed by atoms with van der Waals surface area (Å²) in [5.74, 6) is 0.300. The third-order valence-corrected chi connectivity index (χ3v) is 4.74. The quantitative estimate of drug-likeness (QED) is 0.707. The summed E-state index contributed by atoms with van der Waals surface area (Å²) in [6, 6.07) is 19.0. The maximum absolute atomic E-state index is 13.1. The smallest absolute Gasteiger partial charge is 0.277 e. The third-order valence-electron chi connectivity index (χ3n) is 4.74. The van der Waals surface area contributed by atoms with Crippen molar-refractivity contribution in [3.05, 3.63) is 83.9 Å². The van der Waals surface area contributed by atoms with Crippen LogP contribution in [0.3, 0.4) is 0 Å². The molecule has 6 heteroatoms. The number of aryl methyl sites for hydroxylation is 1. The number of carbonyl (C=O) groups is 2. The number of rotatable bonds is 3. The summed E-state index contributed by atoms with van der Waals surface area (Å²) in [5.41, 5.74) is 2.81. The van der Waals surface area contributed by atoms with Crippen LogP contribution in [0, 0.1) is 6.92 Å². The number of aromatic nitrogens is 2. The van der Waals surface area contributed by atoms with Gasteiger partial charge < -0.3 is 9.80 Å². The fraction of sp³-hybridized carbons (Fsp3) is 0.182. The summed E-state index contributed by atoms with van der Waals surface area (Å²) >= 11 is 0. The van der Waals surface area contributed by atoms with E-state index in [1.54, 1.807) is 29.0 Å². The lowest BCUT2D eigenvalue weighted by molar-refractivity contribution is -0.118. The van der Waals surface area contributed by atoms with Crippen LogP contribution in [0.25, 0.3) is 0 Å². The lowest BCUT2D eigenvalue weighted by atomic mass is 10.1. The normalized spacial score (nSPS) is 13.8. The molecule has 0 N–H and O–H groups in total. The number of amides is 2. The van der Waals surface area contributed by atoms with E-state index in [0.29, 0.717) is 30.3 Å². The molecule has 0 unspecified atom stereocenters. The van der Waals surface area contributed by atoms with Gasteiger partial charge in [0.15, 0.2) is 0 Å². The monoisotopic (exact) mass is 372 g/mol. The Kier molecular flexibility index (Phi) is 4.85. The van der Waals surface area contributed by atoms with Crippen molar-refractivity contribution in [2.45, 2.75) is 19.9 Å². The summed E-state index contributed by atoms with van der Waals surface area (Å²) in [6.45, 7) is 2.52. The molecule has 0 saturated carbocycles. The van der Waals surface area contributed by atoms with Crippen molar-refractivity contribution in [1.82, 2.24) is 9.97 Å². The van der Waals surface area contributed by atoms with Gasteiger partial charge in [-0.2, -0.15) is 0 Å². The lowest BCUT2D eigenvalue weighted by Crippen LogP contribution is -2.32. The number of nitrogens with zero attached hydrogens (tertiary/aromatic N) is 4. The molecule has 0 aliphatic carbocycles. The van der Waals surface area contributed by atoms with E-state index in [1.165, 1.54) is 0 Å². The average molecular weight is 372 g/mol. The third kappa shape index (κ3) is 3.49. The van der Waals surface area contributed by atoms with Gasteiger partial charge in [0.1, 0.15) is 11.5 Å². The molecule has 2 heterocycles. The van der Waals surface area contributed by atoms with Crippen molar-refractivity contribution >= 4 is 23.2 Å². The molecule has 1 aliphatic heterocycles. The summed E-state index contributed by atoms with van der Waals surface area (Å²) < 4.78 is 0. The highest BCUT2D eigenvalue weighted by atomic mass is 16.2. The van der Waals surface area contributed by atoms with E-state index < -0.39 is 0 Å². The zero-order valence-corrected chi connectivity index (χ0v) is 15.6. The first-order chi connectivity index (χ1) is 13.6. The fourth-order valence-corrected chi connectivity index (χ4v) is 3.38. The second-order valence-electron chi connectivity index (χ2n) is 6.65. The summed E-state index contributed by atoms with van der Waals surface area (Å²) in [4.78, 5) is 37.8. The van der Waals surface area contributed by atoms with E-state index in [-0.39, 0.29) is 18.2 Å². The van der Waals surface area contributed by atoms with E-state index >= 15 is 0 Å². The Morgan fingerprint density at radius 1 is 1.00 bits per heavy atom. The molecular formula is C22H20N4O2. The molecule has 140 valence electrons. The van der Waals surface area contributed by atoms with Crippen LogP contribution in [-0.2, 0) is 11.3 Å². The van der Waals surface area contributed by atoms with Gasteiger partial charge in [0.2, 0.25) is 5.91 Å². The Labute approximate surface area is 163 Å². The maximum Gasteiger partial charge on any atom is 0.277 e. The second-order valence-corrected chi connectivity index (χ2v) is 6.65. The van der Waals surface area contributed by atoms with Gasteiger partial charge >= 0.3 is 0 Å². The van der Waals surface area contributed by atoms with Gasteiger partial charge in [0.05, 0.1) is 17.9 Å². The molecule has 0 atom stereocenters. The van der Waals surface area contributed by atoms with Crippen LogP contribution >= 0.6 is 0 Å². The number of hydrogen-bond donors (Lipinski definition) is 0. The van der Waals surface area contributed by atoms with E-state index in [2.05, 4.69) is 9.97 Å². The Morgan fingerprint density at radius 2 is 1.71 bits per heavy atom. The molecule has 0 bridgehead atoms. The van der Waals surface area contributed by atoms with Crippen molar-refractivity contribution < 1.29 is 9.59 Å². The highest BCUT2D eigenvalue weighted by Gasteiger charge is 2.30. The van der Waals surface area contributed by atoms with Crippen LogP contribution in [0.4, 0.5) is 11.4 Å². The van der Waals surface area contributed by atoms with E-state index in [9.17, 15) is 9.59 Å². The van der Waals surface area contributed by atoms with Crippen molar-refractivity contribution in [2.24, 2.45) is 0 Å². The molecule has 0 fully saturated rings. The number of para-hydroxylation sites is 2. The van der Waals surface area contributed by atoms with Gasteiger partial charge in [-0.05, 0) is 30.7 Å². The van der Waals surface area contributed by atoms with E-state index in [0.717, 1.165) is 11.3 Å². The minimum atomic E-state index is -0.229. The average Bonchev–Trinajstić information content (AvgIpc) is 2.86. The molecule has 3 aromatic rings. The van der Waals surface area contributed by atoms with Gasteiger partial charge in [-0.25, -0.2) is 9.97 Å². The van der Waals surface area contributed by atoms with E-state index in [1.807, 2.05) is 54.6 Å². The second kappa shape index (κ2) is 7.60. The molecule has 1 aliphatic rings. The van der Waals surface area contributed by atoms with Gasteiger partial charge in [0.25, 0.3) is 5.91 Å². The first kappa shape index (κ1) is 17.9. The molecule has 0 spiro atoms. The molecule has 1 aromatic heterocycles. The first-order valence-electron chi connectivity index (χ1n) is 9.18. The molecular weight excluding hydrogens is 352 g/mol. The summed E-state index contributed by atoms with van der Waals surface area (Å²) in [5, 5.41) is 0. The minimum absolute atomic E-state index is 0.00882. The standard InChI is InChI=1S/C22H20N4O2/c1-16-23-13-11-18(24-16)22(28)25-14-12-21(27)26(15-17-7-3-2-4-8-17)20-10-6-5-9-19(20)25/h2-11,13H,12,14-15H2,1H3. The lowest BCUT2D eigenvalue weighted by Gasteiger charge is -2.25. The van der Waals surface area contributed by atoms with Gasteiger partial charge in [-0.3, -0.25) is 9.59 Å².